The predicted octanol–water partition coefficient (Wildman–Crippen LogP) is 4.81. The average molecular weight is 283 g/mol. The Hall–Kier alpha value is -1.80. The molecule has 0 spiro atoms. The number of nitrogens with one attached hydrogen (secondary N) is 1. The lowest BCUT2D eigenvalue weighted by Crippen LogP contribution is -2.24. The number of methoxy groups -OCH3 is 1. The van der Waals surface area contributed by atoms with Crippen molar-refractivity contribution >= 4 is 0 Å². The lowest BCUT2D eigenvalue weighted by molar-refractivity contribution is 0.413. The Kier molecular flexibility index (Phi) is 5.40. The minimum atomic E-state index is 0.332. The molecule has 0 saturated heterocycles. The maximum absolute atomic E-state index is 5.23. The fraction of sp³-hybridized carbons (Fsp3) is 0.368. The first-order valence-corrected chi connectivity index (χ1v) is 7.61. The van der Waals surface area contributed by atoms with Gasteiger partial charge in [-0.05, 0) is 49.1 Å². The van der Waals surface area contributed by atoms with E-state index in [1.165, 1.54) is 16.7 Å². The fourth-order valence-corrected chi connectivity index (χ4v) is 2.75. The van der Waals surface area contributed by atoms with E-state index in [4.69, 9.17) is 4.74 Å². The van der Waals surface area contributed by atoms with Crippen molar-refractivity contribution < 1.29 is 4.74 Å². The molecule has 0 aliphatic carbocycles. The van der Waals surface area contributed by atoms with Crippen LogP contribution < -0.4 is 10.1 Å². The zero-order valence-electron chi connectivity index (χ0n) is 13.4. The molecule has 0 amide bonds. The number of aryl methyl sites for hydroxylation is 1. The van der Waals surface area contributed by atoms with Gasteiger partial charge in [-0.1, -0.05) is 43.3 Å². The van der Waals surface area contributed by atoms with Gasteiger partial charge in [-0.15, -0.1) is 0 Å². The van der Waals surface area contributed by atoms with Crippen molar-refractivity contribution in [2.24, 2.45) is 0 Å². The molecule has 0 saturated carbocycles. The third kappa shape index (κ3) is 3.85. The molecule has 0 radical (unpaired) electrons. The molecule has 1 unspecified atom stereocenters. The largest absolute Gasteiger partial charge is 0.497 e. The molecular weight excluding hydrogens is 258 g/mol. The van der Waals surface area contributed by atoms with Crippen molar-refractivity contribution in [2.45, 2.75) is 39.3 Å². The van der Waals surface area contributed by atoms with Crippen LogP contribution in [0.2, 0.25) is 0 Å². The van der Waals surface area contributed by atoms with Crippen LogP contribution in [-0.2, 0) is 0 Å². The highest BCUT2D eigenvalue weighted by molar-refractivity contribution is 5.31. The molecule has 2 aromatic rings. The summed E-state index contributed by atoms with van der Waals surface area (Å²) >= 11 is 0. The fourth-order valence-electron chi connectivity index (χ4n) is 2.75. The van der Waals surface area contributed by atoms with Crippen LogP contribution in [0.5, 0.6) is 5.75 Å². The number of hydrogen-bond acceptors (Lipinski definition) is 2. The summed E-state index contributed by atoms with van der Waals surface area (Å²) in [6.45, 7) is 6.61. The van der Waals surface area contributed by atoms with Crippen molar-refractivity contribution in [2.75, 3.05) is 7.11 Å². The second-order valence-corrected chi connectivity index (χ2v) is 5.48. The molecule has 0 heterocycles. The molecule has 2 rings (SSSR count). The number of benzene rings is 2. The third-order valence-corrected chi connectivity index (χ3v) is 4.03. The second-order valence-electron chi connectivity index (χ2n) is 5.48. The smallest absolute Gasteiger partial charge is 0.118 e. The Morgan fingerprint density at radius 1 is 1.05 bits per heavy atom. The van der Waals surface area contributed by atoms with E-state index in [0.29, 0.717) is 12.1 Å². The zero-order valence-corrected chi connectivity index (χ0v) is 13.4. The van der Waals surface area contributed by atoms with Crippen LogP contribution in [0.15, 0.2) is 48.5 Å². The van der Waals surface area contributed by atoms with Crippen LogP contribution in [-0.4, -0.2) is 7.11 Å². The SMILES string of the molecule is CCC(N[C@H](C)c1ccccc1C)c1ccc(OC)cc1. The summed E-state index contributed by atoms with van der Waals surface area (Å²) in [5, 5.41) is 3.74. The molecule has 0 aliphatic heterocycles. The minimum absolute atomic E-state index is 0.332. The second kappa shape index (κ2) is 7.28. The van der Waals surface area contributed by atoms with Gasteiger partial charge in [0.2, 0.25) is 0 Å². The van der Waals surface area contributed by atoms with Crippen LogP contribution in [0, 0.1) is 6.92 Å². The van der Waals surface area contributed by atoms with Crippen LogP contribution in [0.3, 0.4) is 0 Å². The lowest BCUT2D eigenvalue weighted by Gasteiger charge is -2.24. The Labute approximate surface area is 128 Å². The van der Waals surface area contributed by atoms with Gasteiger partial charge in [-0.2, -0.15) is 0 Å². The quantitative estimate of drug-likeness (QED) is 0.821. The lowest BCUT2D eigenvalue weighted by atomic mass is 9.99. The van der Waals surface area contributed by atoms with E-state index in [1.807, 2.05) is 12.1 Å². The van der Waals surface area contributed by atoms with E-state index in [2.05, 4.69) is 62.5 Å². The van der Waals surface area contributed by atoms with E-state index >= 15 is 0 Å². The van der Waals surface area contributed by atoms with Gasteiger partial charge in [-0.3, -0.25) is 0 Å². The van der Waals surface area contributed by atoms with E-state index in [1.54, 1.807) is 7.11 Å². The molecule has 1 N–H and O–H groups in total. The van der Waals surface area contributed by atoms with Crippen molar-refractivity contribution in [3.05, 3.63) is 65.2 Å². The summed E-state index contributed by atoms with van der Waals surface area (Å²) in [5.74, 6) is 0.903. The molecule has 0 fully saturated rings. The minimum Gasteiger partial charge on any atom is -0.497 e. The molecule has 112 valence electrons. The monoisotopic (exact) mass is 283 g/mol. The van der Waals surface area contributed by atoms with Crippen LogP contribution in [0.4, 0.5) is 0 Å². The Morgan fingerprint density at radius 3 is 2.29 bits per heavy atom. The molecule has 0 bridgehead atoms. The van der Waals surface area contributed by atoms with Gasteiger partial charge in [-0.25, -0.2) is 0 Å². The molecule has 0 aliphatic rings. The summed E-state index contributed by atoms with van der Waals surface area (Å²) in [6, 6.07) is 17.6. The van der Waals surface area contributed by atoms with Gasteiger partial charge < -0.3 is 10.1 Å². The standard InChI is InChI=1S/C19H25NO/c1-5-19(16-10-12-17(21-4)13-11-16)20-15(3)18-9-7-6-8-14(18)2/h6-13,15,19-20H,5H2,1-4H3/t15-,19?/m1/s1. The molecule has 2 aromatic carbocycles. The molecule has 0 aromatic heterocycles. The Bertz CT molecular complexity index is 562. The number of hydrogen-bond donors (Lipinski definition) is 1. The first-order chi connectivity index (χ1) is 10.2. The topological polar surface area (TPSA) is 21.3 Å². The first-order valence-electron chi connectivity index (χ1n) is 7.61. The summed E-state index contributed by atoms with van der Waals surface area (Å²) in [7, 11) is 1.70. The summed E-state index contributed by atoms with van der Waals surface area (Å²) in [5.41, 5.74) is 4.00. The van der Waals surface area contributed by atoms with Crippen LogP contribution >= 0.6 is 0 Å². The molecule has 21 heavy (non-hydrogen) atoms. The highest BCUT2D eigenvalue weighted by Crippen LogP contribution is 2.25. The summed E-state index contributed by atoms with van der Waals surface area (Å²) in [4.78, 5) is 0. The third-order valence-electron chi connectivity index (χ3n) is 4.03. The Morgan fingerprint density at radius 2 is 1.71 bits per heavy atom. The maximum Gasteiger partial charge on any atom is 0.118 e. The first kappa shape index (κ1) is 15.6. The van der Waals surface area contributed by atoms with Crippen LogP contribution in [0.1, 0.15) is 49.0 Å². The highest BCUT2D eigenvalue weighted by atomic mass is 16.5. The number of ether oxygens (including phenoxy) is 1. The van der Waals surface area contributed by atoms with Gasteiger partial charge in [0.15, 0.2) is 0 Å². The van der Waals surface area contributed by atoms with Crippen molar-refractivity contribution in [1.29, 1.82) is 0 Å². The van der Waals surface area contributed by atoms with Crippen molar-refractivity contribution in [1.82, 2.24) is 5.32 Å². The van der Waals surface area contributed by atoms with Gasteiger partial charge in [0, 0.05) is 12.1 Å². The zero-order chi connectivity index (χ0) is 15.2. The van der Waals surface area contributed by atoms with Gasteiger partial charge in [0.25, 0.3) is 0 Å². The summed E-state index contributed by atoms with van der Waals surface area (Å²) in [6.07, 6.45) is 1.06. The van der Waals surface area contributed by atoms with Gasteiger partial charge in [0.05, 0.1) is 7.11 Å². The van der Waals surface area contributed by atoms with E-state index in [9.17, 15) is 0 Å². The highest BCUT2D eigenvalue weighted by Gasteiger charge is 2.14. The van der Waals surface area contributed by atoms with Gasteiger partial charge in [0.1, 0.15) is 5.75 Å². The van der Waals surface area contributed by atoms with Crippen LogP contribution in [0.25, 0.3) is 0 Å². The predicted molar refractivity (Wildman–Crippen MR) is 88.8 cm³/mol. The van der Waals surface area contributed by atoms with Crippen molar-refractivity contribution in [3.8, 4) is 5.75 Å². The van der Waals surface area contributed by atoms with Gasteiger partial charge >= 0.3 is 0 Å². The average Bonchev–Trinajstić information content (AvgIpc) is 2.53. The molecule has 2 atom stereocenters. The molecule has 2 nitrogen and oxygen atoms in total. The normalized spacial score (nSPS) is 13.7. The summed E-state index contributed by atoms with van der Waals surface area (Å²) < 4.78 is 5.23. The van der Waals surface area contributed by atoms with E-state index in [0.717, 1.165) is 12.2 Å². The number of rotatable bonds is 6. The maximum atomic E-state index is 5.23. The molecular formula is C19H25NO. The molecule has 2 heteroatoms. The van der Waals surface area contributed by atoms with Crippen molar-refractivity contribution in [3.63, 3.8) is 0 Å². The van der Waals surface area contributed by atoms with E-state index < -0.39 is 0 Å². The Balaban J connectivity index is 2.13. The van der Waals surface area contributed by atoms with E-state index in [-0.39, 0.29) is 0 Å².